The summed E-state index contributed by atoms with van der Waals surface area (Å²) in [5, 5.41) is 3.90. The number of aromatic nitrogens is 2. The predicted octanol–water partition coefficient (Wildman–Crippen LogP) is 3.75. The maximum absolute atomic E-state index is 11.7. The van der Waals surface area contributed by atoms with E-state index < -0.39 is 0 Å². The Morgan fingerprint density at radius 1 is 1.23 bits per heavy atom. The minimum Gasteiger partial charge on any atom is -0.456 e. The SMILES string of the molecule is O=C(CCC1CCCC1)OCc1nc(-c2ccccc2)no1. The van der Waals surface area contributed by atoms with Crippen molar-refractivity contribution in [1.82, 2.24) is 10.1 Å². The summed E-state index contributed by atoms with van der Waals surface area (Å²) in [6.45, 7) is 0.0450. The normalized spacial score (nSPS) is 15.1. The van der Waals surface area contributed by atoms with Gasteiger partial charge in [-0.05, 0) is 12.3 Å². The third-order valence-corrected chi connectivity index (χ3v) is 4.09. The molecule has 1 aliphatic carbocycles. The number of hydrogen-bond acceptors (Lipinski definition) is 5. The standard InChI is InChI=1S/C17H20N2O3/c20-16(11-10-13-6-4-5-7-13)21-12-15-18-17(19-22-15)14-8-2-1-3-9-14/h1-3,8-9,13H,4-7,10-12H2. The summed E-state index contributed by atoms with van der Waals surface area (Å²) in [6.07, 6.45) is 6.49. The van der Waals surface area contributed by atoms with Gasteiger partial charge in [-0.1, -0.05) is 61.2 Å². The number of benzene rings is 1. The zero-order chi connectivity index (χ0) is 15.2. The summed E-state index contributed by atoms with van der Waals surface area (Å²) in [5.74, 6) is 1.35. The quantitative estimate of drug-likeness (QED) is 0.760. The van der Waals surface area contributed by atoms with Crippen LogP contribution in [0.4, 0.5) is 0 Å². The van der Waals surface area contributed by atoms with Gasteiger partial charge in [-0.15, -0.1) is 0 Å². The molecular weight excluding hydrogens is 280 g/mol. The van der Waals surface area contributed by atoms with Gasteiger partial charge in [-0.2, -0.15) is 4.98 Å². The van der Waals surface area contributed by atoms with Crippen LogP contribution in [0.2, 0.25) is 0 Å². The van der Waals surface area contributed by atoms with Gasteiger partial charge in [0.2, 0.25) is 5.82 Å². The Balaban J connectivity index is 1.45. The average Bonchev–Trinajstić information content (AvgIpc) is 3.23. The molecule has 2 aromatic rings. The van der Waals surface area contributed by atoms with Crippen LogP contribution in [0.25, 0.3) is 11.4 Å². The molecule has 1 heterocycles. The zero-order valence-electron chi connectivity index (χ0n) is 12.5. The van der Waals surface area contributed by atoms with Crippen LogP contribution in [0.3, 0.4) is 0 Å². The summed E-state index contributed by atoms with van der Waals surface area (Å²) >= 11 is 0. The first kappa shape index (κ1) is 14.8. The number of rotatable bonds is 6. The molecule has 5 heteroatoms. The molecule has 0 aliphatic heterocycles. The molecular formula is C17H20N2O3. The molecule has 1 aromatic heterocycles. The van der Waals surface area contributed by atoms with E-state index in [1.165, 1.54) is 25.7 Å². The number of carbonyl (C=O) groups excluding carboxylic acids is 1. The lowest BCUT2D eigenvalue weighted by atomic mass is 10.0. The zero-order valence-corrected chi connectivity index (χ0v) is 12.5. The Labute approximate surface area is 129 Å². The van der Waals surface area contributed by atoms with Gasteiger partial charge in [0, 0.05) is 12.0 Å². The monoisotopic (exact) mass is 300 g/mol. The van der Waals surface area contributed by atoms with E-state index in [0.29, 0.717) is 24.1 Å². The van der Waals surface area contributed by atoms with E-state index in [2.05, 4.69) is 10.1 Å². The fraction of sp³-hybridized carbons (Fsp3) is 0.471. The Morgan fingerprint density at radius 3 is 2.77 bits per heavy atom. The van der Waals surface area contributed by atoms with Gasteiger partial charge < -0.3 is 9.26 Å². The van der Waals surface area contributed by atoms with Crippen LogP contribution in [-0.2, 0) is 16.1 Å². The van der Waals surface area contributed by atoms with Crippen LogP contribution in [-0.4, -0.2) is 16.1 Å². The highest BCUT2D eigenvalue weighted by Crippen LogP contribution is 2.28. The summed E-state index contributed by atoms with van der Waals surface area (Å²) in [4.78, 5) is 16.0. The van der Waals surface area contributed by atoms with E-state index in [9.17, 15) is 4.79 Å². The Morgan fingerprint density at radius 2 is 2.00 bits per heavy atom. The first-order valence-electron chi connectivity index (χ1n) is 7.85. The molecule has 1 aliphatic rings. The molecule has 116 valence electrons. The molecule has 0 saturated heterocycles. The molecule has 1 fully saturated rings. The number of carbonyl (C=O) groups is 1. The van der Waals surface area contributed by atoms with Crippen molar-refractivity contribution >= 4 is 5.97 Å². The predicted molar refractivity (Wildman–Crippen MR) is 80.7 cm³/mol. The molecule has 22 heavy (non-hydrogen) atoms. The first-order chi connectivity index (χ1) is 10.8. The Bertz CT molecular complexity index is 603. The largest absolute Gasteiger partial charge is 0.456 e. The number of nitrogens with zero attached hydrogens (tertiary/aromatic N) is 2. The number of esters is 1. The van der Waals surface area contributed by atoms with Crippen LogP contribution < -0.4 is 0 Å². The van der Waals surface area contributed by atoms with Crippen LogP contribution in [0.1, 0.15) is 44.4 Å². The van der Waals surface area contributed by atoms with E-state index in [-0.39, 0.29) is 12.6 Å². The van der Waals surface area contributed by atoms with Gasteiger partial charge in [0.05, 0.1) is 0 Å². The molecule has 0 unspecified atom stereocenters. The van der Waals surface area contributed by atoms with Crippen molar-refractivity contribution in [3.8, 4) is 11.4 Å². The third kappa shape index (κ3) is 3.93. The summed E-state index contributed by atoms with van der Waals surface area (Å²) in [6, 6.07) is 9.56. The Kier molecular flexibility index (Phi) is 4.83. The minimum atomic E-state index is -0.189. The lowest BCUT2D eigenvalue weighted by molar-refractivity contribution is -0.146. The second kappa shape index (κ2) is 7.20. The van der Waals surface area contributed by atoms with Gasteiger partial charge in [-0.25, -0.2) is 0 Å². The lowest BCUT2D eigenvalue weighted by Crippen LogP contribution is -2.07. The molecule has 0 N–H and O–H groups in total. The van der Waals surface area contributed by atoms with Crippen LogP contribution in [0, 0.1) is 5.92 Å². The maximum atomic E-state index is 11.7. The molecule has 0 bridgehead atoms. The second-order valence-corrected chi connectivity index (χ2v) is 5.73. The molecule has 1 aromatic carbocycles. The highest BCUT2D eigenvalue weighted by Gasteiger charge is 2.17. The highest BCUT2D eigenvalue weighted by atomic mass is 16.6. The van der Waals surface area contributed by atoms with Crippen molar-refractivity contribution in [2.45, 2.75) is 45.1 Å². The van der Waals surface area contributed by atoms with Gasteiger partial charge in [0.15, 0.2) is 6.61 Å². The summed E-state index contributed by atoms with van der Waals surface area (Å²) in [5.41, 5.74) is 0.880. The molecule has 0 amide bonds. The molecule has 5 nitrogen and oxygen atoms in total. The van der Waals surface area contributed by atoms with Crippen molar-refractivity contribution in [3.05, 3.63) is 36.2 Å². The van der Waals surface area contributed by atoms with E-state index >= 15 is 0 Å². The summed E-state index contributed by atoms with van der Waals surface area (Å²) in [7, 11) is 0. The minimum absolute atomic E-state index is 0.0450. The van der Waals surface area contributed by atoms with Crippen LogP contribution in [0.5, 0.6) is 0 Å². The lowest BCUT2D eigenvalue weighted by Gasteiger charge is -2.07. The first-order valence-corrected chi connectivity index (χ1v) is 7.85. The van der Waals surface area contributed by atoms with Gasteiger partial charge in [-0.3, -0.25) is 4.79 Å². The van der Waals surface area contributed by atoms with Crippen LogP contribution in [0.15, 0.2) is 34.9 Å². The highest BCUT2D eigenvalue weighted by molar-refractivity contribution is 5.69. The van der Waals surface area contributed by atoms with E-state index in [4.69, 9.17) is 9.26 Å². The second-order valence-electron chi connectivity index (χ2n) is 5.73. The van der Waals surface area contributed by atoms with Gasteiger partial charge in [0.1, 0.15) is 0 Å². The molecule has 0 spiro atoms. The van der Waals surface area contributed by atoms with Gasteiger partial charge >= 0.3 is 5.97 Å². The molecule has 0 radical (unpaired) electrons. The van der Waals surface area contributed by atoms with E-state index in [0.717, 1.165) is 12.0 Å². The van der Waals surface area contributed by atoms with Crippen molar-refractivity contribution in [1.29, 1.82) is 0 Å². The van der Waals surface area contributed by atoms with Gasteiger partial charge in [0.25, 0.3) is 5.89 Å². The third-order valence-electron chi connectivity index (χ3n) is 4.09. The number of hydrogen-bond donors (Lipinski definition) is 0. The van der Waals surface area contributed by atoms with Crippen LogP contribution >= 0.6 is 0 Å². The van der Waals surface area contributed by atoms with Crippen molar-refractivity contribution in [2.24, 2.45) is 5.92 Å². The molecule has 1 saturated carbocycles. The molecule has 0 atom stereocenters. The topological polar surface area (TPSA) is 65.2 Å². The fourth-order valence-corrected chi connectivity index (χ4v) is 2.85. The van der Waals surface area contributed by atoms with Crippen molar-refractivity contribution < 1.29 is 14.1 Å². The molecule has 3 rings (SSSR count). The summed E-state index contributed by atoms with van der Waals surface area (Å²) < 4.78 is 10.3. The van der Waals surface area contributed by atoms with Crippen molar-refractivity contribution in [3.63, 3.8) is 0 Å². The maximum Gasteiger partial charge on any atom is 0.306 e. The fourth-order valence-electron chi connectivity index (χ4n) is 2.85. The van der Waals surface area contributed by atoms with E-state index in [1.807, 2.05) is 30.3 Å². The van der Waals surface area contributed by atoms with E-state index in [1.54, 1.807) is 0 Å². The number of ether oxygens (including phenoxy) is 1. The Hall–Kier alpha value is -2.17. The van der Waals surface area contributed by atoms with Crippen molar-refractivity contribution in [2.75, 3.05) is 0 Å². The average molecular weight is 300 g/mol. The smallest absolute Gasteiger partial charge is 0.306 e.